The van der Waals surface area contributed by atoms with Crippen molar-refractivity contribution in [2.75, 3.05) is 0 Å². The van der Waals surface area contributed by atoms with Crippen LogP contribution in [0.4, 0.5) is 0 Å². The Morgan fingerprint density at radius 2 is 1.29 bits per heavy atom. The first-order chi connectivity index (χ1) is 10.1. The van der Waals surface area contributed by atoms with Gasteiger partial charge in [0.15, 0.2) is 0 Å². The van der Waals surface area contributed by atoms with Gasteiger partial charge in [0.1, 0.15) is 0 Å². The number of hydrogen-bond acceptors (Lipinski definition) is 0. The van der Waals surface area contributed by atoms with Gasteiger partial charge in [0.05, 0.1) is 0 Å². The van der Waals surface area contributed by atoms with Crippen molar-refractivity contribution in [2.45, 2.75) is 84.4 Å². The summed E-state index contributed by atoms with van der Waals surface area (Å²) in [6, 6.07) is 4.88. The molecule has 0 saturated heterocycles. The quantitative estimate of drug-likeness (QED) is 0.418. The van der Waals surface area contributed by atoms with Gasteiger partial charge in [-0.2, -0.15) is 0 Å². The summed E-state index contributed by atoms with van der Waals surface area (Å²) in [7, 11) is 0. The van der Waals surface area contributed by atoms with E-state index in [4.69, 9.17) is 0 Å². The fraction of sp³-hybridized carbons (Fsp3) is 0.700. The van der Waals surface area contributed by atoms with Crippen LogP contribution >= 0.6 is 15.9 Å². The number of halogens is 1. The van der Waals surface area contributed by atoms with Crippen LogP contribution in [0, 0.1) is 5.92 Å². The van der Waals surface area contributed by atoms with Gasteiger partial charge >= 0.3 is 0 Å². The zero-order valence-electron chi connectivity index (χ0n) is 14.6. The lowest BCUT2D eigenvalue weighted by atomic mass is 9.84. The highest BCUT2D eigenvalue weighted by Crippen LogP contribution is 2.41. The van der Waals surface area contributed by atoms with Crippen molar-refractivity contribution in [3.05, 3.63) is 34.4 Å². The van der Waals surface area contributed by atoms with Crippen LogP contribution in [0.25, 0.3) is 0 Å². The van der Waals surface area contributed by atoms with Crippen molar-refractivity contribution < 1.29 is 0 Å². The van der Waals surface area contributed by atoms with Gasteiger partial charge in [-0.25, -0.2) is 0 Å². The third kappa shape index (κ3) is 4.84. The number of rotatable bonds is 9. The number of aryl methyl sites for hydroxylation is 3. The zero-order valence-corrected chi connectivity index (χ0v) is 16.2. The highest BCUT2D eigenvalue weighted by atomic mass is 79.9. The lowest BCUT2D eigenvalue weighted by molar-refractivity contribution is 0.433. The van der Waals surface area contributed by atoms with E-state index in [9.17, 15) is 0 Å². The summed E-state index contributed by atoms with van der Waals surface area (Å²) in [5.74, 6) is 0.767. The van der Waals surface area contributed by atoms with E-state index in [0.29, 0.717) is 4.83 Å². The van der Waals surface area contributed by atoms with Gasteiger partial charge in [0.25, 0.3) is 0 Å². The Kier molecular flexibility index (Phi) is 8.63. The topological polar surface area (TPSA) is 0 Å². The molecule has 0 amide bonds. The van der Waals surface area contributed by atoms with Crippen molar-refractivity contribution in [3.63, 3.8) is 0 Å². The number of alkyl halides is 1. The molecule has 1 heteroatoms. The maximum absolute atomic E-state index is 4.08. The predicted octanol–water partition coefficient (Wildman–Crippen LogP) is 7.03. The molecule has 0 aliphatic carbocycles. The average molecular weight is 353 g/mol. The van der Waals surface area contributed by atoms with Gasteiger partial charge in [-0.15, -0.1) is 0 Å². The molecule has 1 unspecified atom stereocenters. The highest BCUT2D eigenvalue weighted by molar-refractivity contribution is 9.09. The van der Waals surface area contributed by atoms with Crippen LogP contribution in [0.1, 0.15) is 87.4 Å². The molecule has 0 aliphatic rings. The molecule has 1 rings (SSSR count). The first kappa shape index (κ1) is 18.7. The van der Waals surface area contributed by atoms with Crippen molar-refractivity contribution >= 4 is 15.9 Å². The molecule has 0 heterocycles. The van der Waals surface area contributed by atoms with Crippen LogP contribution < -0.4 is 0 Å². The summed E-state index contributed by atoms with van der Waals surface area (Å²) in [5, 5.41) is 0. The lowest BCUT2D eigenvalue weighted by Crippen LogP contribution is -2.12. The van der Waals surface area contributed by atoms with E-state index in [1.807, 2.05) is 0 Å². The van der Waals surface area contributed by atoms with Crippen molar-refractivity contribution in [3.8, 4) is 0 Å². The first-order valence-electron chi connectivity index (χ1n) is 8.91. The molecular weight excluding hydrogens is 320 g/mol. The summed E-state index contributed by atoms with van der Waals surface area (Å²) in [5.41, 5.74) is 6.22. The smallest absolute Gasteiger partial charge is 0.0428 e. The second kappa shape index (κ2) is 9.66. The summed E-state index contributed by atoms with van der Waals surface area (Å²) in [6.45, 7) is 11.5. The van der Waals surface area contributed by atoms with E-state index in [1.54, 1.807) is 16.7 Å². The summed E-state index contributed by atoms with van der Waals surface area (Å²) < 4.78 is 0. The van der Waals surface area contributed by atoms with Crippen molar-refractivity contribution in [1.82, 2.24) is 0 Å². The van der Waals surface area contributed by atoms with Crippen LogP contribution in [0.15, 0.2) is 12.1 Å². The van der Waals surface area contributed by atoms with E-state index in [0.717, 1.165) is 25.2 Å². The predicted molar refractivity (Wildman–Crippen MR) is 99.6 cm³/mol. The molecule has 21 heavy (non-hydrogen) atoms. The maximum Gasteiger partial charge on any atom is 0.0428 e. The fourth-order valence-electron chi connectivity index (χ4n) is 3.41. The average Bonchev–Trinajstić information content (AvgIpc) is 2.52. The summed E-state index contributed by atoms with van der Waals surface area (Å²) >= 11 is 4.08. The van der Waals surface area contributed by atoms with Crippen LogP contribution in [-0.4, -0.2) is 0 Å². The Morgan fingerprint density at radius 1 is 0.810 bits per heavy atom. The number of hydrogen-bond donors (Lipinski definition) is 0. The monoisotopic (exact) mass is 352 g/mol. The molecule has 0 bridgehead atoms. The maximum atomic E-state index is 4.08. The molecule has 0 nitrogen and oxygen atoms in total. The fourth-order valence-corrected chi connectivity index (χ4v) is 4.53. The Bertz CT molecular complexity index is 391. The largest absolute Gasteiger partial charge is 0.0836 e. The van der Waals surface area contributed by atoms with Gasteiger partial charge in [0.2, 0.25) is 0 Å². The molecule has 0 radical (unpaired) electrons. The molecule has 1 atom stereocenters. The van der Waals surface area contributed by atoms with Gasteiger partial charge < -0.3 is 0 Å². The molecule has 0 saturated carbocycles. The van der Waals surface area contributed by atoms with Crippen LogP contribution in [-0.2, 0) is 19.3 Å². The van der Waals surface area contributed by atoms with Gasteiger partial charge in [-0.3, -0.25) is 0 Å². The third-order valence-electron chi connectivity index (χ3n) is 4.59. The normalized spacial score (nSPS) is 12.9. The molecule has 1 aromatic carbocycles. The molecule has 0 spiro atoms. The second-order valence-corrected chi connectivity index (χ2v) is 7.11. The molecule has 0 N–H and O–H groups in total. The van der Waals surface area contributed by atoms with E-state index >= 15 is 0 Å². The Balaban J connectivity index is 3.24. The minimum absolute atomic E-state index is 0.521. The molecule has 0 aromatic heterocycles. The summed E-state index contributed by atoms with van der Waals surface area (Å²) in [4.78, 5) is 0.521. The van der Waals surface area contributed by atoms with Crippen molar-refractivity contribution in [1.29, 1.82) is 0 Å². The molecule has 0 fully saturated rings. The van der Waals surface area contributed by atoms with Crippen LogP contribution in [0.3, 0.4) is 0 Å². The Hall–Kier alpha value is -0.300. The van der Waals surface area contributed by atoms with E-state index in [1.165, 1.54) is 31.2 Å². The minimum Gasteiger partial charge on any atom is -0.0836 e. The van der Waals surface area contributed by atoms with E-state index in [-0.39, 0.29) is 0 Å². The number of benzene rings is 1. The minimum atomic E-state index is 0.521. The van der Waals surface area contributed by atoms with Crippen LogP contribution in [0.5, 0.6) is 0 Å². The van der Waals surface area contributed by atoms with E-state index in [2.05, 4.69) is 62.7 Å². The molecule has 1 aromatic rings. The molecule has 0 aliphatic heterocycles. The first-order valence-corrected chi connectivity index (χ1v) is 9.82. The van der Waals surface area contributed by atoms with E-state index < -0.39 is 0 Å². The second-order valence-electron chi connectivity index (χ2n) is 6.13. The van der Waals surface area contributed by atoms with Gasteiger partial charge in [-0.1, -0.05) is 75.5 Å². The zero-order chi connectivity index (χ0) is 15.8. The standard InChI is InChI=1S/C20H33Br/c1-6-11-18(12-7-2)20(21)19-16(9-4)13-15(8-3)14-17(19)10-5/h13-14,18,20H,6-12H2,1-5H3. The lowest BCUT2D eigenvalue weighted by Gasteiger charge is -2.27. The summed E-state index contributed by atoms with van der Waals surface area (Å²) in [6.07, 6.45) is 8.63. The van der Waals surface area contributed by atoms with Crippen LogP contribution in [0.2, 0.25) is 0 Å². The Morgan fingerprint density at radius 3 is 1.62 bits per heavy atom. The van der Waals surface area contributed by atoms with Gasteiger partial charge in [-0.05, 0) is 60.3 Å². The van der Waals surface area contributed by atoms with Gasteiger partial charge in [0, 0.05) is 4.83 Å². The Labute approximate surface area is 140 Å². The van der Waals surface area contributed by atoms with Crippen molar-refractivity contribution in [2.24, 2.45) is 5.92 Å². The SMILES string of the molecule is CCCC(CCC)C(Br)c1c(CC)cc(CC)cc1CC. The highest BCUT2D eigenvalue weighted by Gasteiger charge is 2.23. The molecule has 120 valence electrons. The third-order valence-corrected chi connectivity index (χ3v) is 5.80. The molecular formula is C20H33Br.